The highest BCUT2D eigenvalue weighted by atomic mass is 32.2. The molecule has 0 amide bonds. The first-order valence-corrected chi connectivity index (χ1v) is 9.82. The van der Waals surface area contributed by atoms with E-state index < -0.39 is 10.0 Å². The first kappa shape index (κ1) is 17.3. The highest BCUT2D eigenvalue weighted by molar-refractivity contribution is 7.89. The van der Waals surface area contributed by atoms with Crippen LogP contribution in [0.3, 0.4) is 0 Å². The summed E-state index contributed by atoms with van der Waals surface area (Å²) >= 11 is 0. The number of primary sulfonamides is 1. The van der Waals surface area contributed by atoms with Crippen molar-refractivity contribution in [1.29, 1.82) is 0 Å². The van der Waals surface area contributed by atoms with Gasteiger partial charge in [-0.1, -0.05) is 0 Å². The molecule has 0 radical (unpaired) electrons. The van der Waals surface area contributed by atoms with Crippen molar-refractivity contribution in [2.24, 2.45) is 5.14 Å². The molecule has 4 rings (SSSR count). The number of nitrogens with two attached hydrogens (primary N) is 1. The zero-order valence-electron chi connectivity index (χ0n) is 14.2. The lowest BCUT2D eigenvalue weighted by molar-refractivity contribution is -0.0172. The average Bonchev–Trinajstić information content (AvgIpc) is 2.89. The second kappa shape index (κ2) is 6.22. The summed E-state index contributed by atoms with van der Waals surface area (Å²) in [4.78, 5) is 2.23. The molecule has 0 bridgehead atoms. The van der Waals surface area contributed by atoms with E-state index >= 15 is 0 Å². The van der Waals surface area contributed by atoms with Gasteiger partial charge in [0, 0.05) is 29.4 Å². The number of ether oxygens (including phenoxy) is 2. The molecule has 0 fully saturated rings. The third kappa shape index (κ3) is 3.04. The van der Waals surface area contributed by atoms with E-state index in [0.717, 1.165) is 16.8 Å². The molecule has 2 heterocycles. The topological polar surface area (TPSA) is 81.9 Å². The van der Waals surface area contributed by atoms with Crippen LogP contribution in [-0.2, 0) is 34.3 Å². The highest BCUT2D eigenvalue weighted by Crippen LogP contribution is 2.37. The second-order valence-electron chi connectivity index (χ2n) is 6.68. The molecule has 0 aromatic heterocycles. The van der Waals surface area contributed by atoms with Crippen LogP contribution in [0.4, 0.5) is 10.1 Å². The fraction of sp³-hybridized carbons (Fsp3) is 0.333. The number of nitrogens with zero attached hydrogens (tertiary/aromatic N) is 1. The Labute approximate surface area is 151 Å². The quantitative estimate of drug-likeness (QED) is 0.886. The van der Waals surface area contributed by atoms with Gasteiger partial charge in [0.15, 0.2) is 6.79 Å². The van der Waals surface area contributed by atoms with Gasteiger partial charge in [-0.15, -0.1) is 0 Å². The summed E-state index contributed by atoms with van der Waals surface area (Å²) in [5, 5.41) is 5.23. The van der Waals surface area contributed by atoms with Gasteiger partial charge in [-0.25, -0.2) is 17.9 Å². The van der Waals surface area contributed by atoms with E-state index in [0.29, 0.717) is 30.9 Å². The van der Waals surface area contributed by atoms with Crippen molar-refractivity contribution in [2.75, 3.05) is 11.7 Å². The van der Waals surface area contributed by atoms with Crippen LogP contribution in [0.5, 0.6) is 5.75 Å². The molecule has 0 spiro atoms. The SMILES string of the molecule is C[C@@H]1Cc2cc(S(N)(=O)=O)ccc2N1Cc1cc(F)cc2c1OCOC2. The van der Waals surface area contributed by atoms with Crippen LogP contribution in [0.1, 0.15) is 23.6 Å². The maximum atomic E-state index is 14.0. The van der Waals surface area contributed by atoms with E-state index in [9.17, 15) is 12.8 Å². The lowest BCUT2D eigenvalue weighted by Crippen LogP contribution is -2.29. The molecule has 0 saturated carbocycles. The summed E-state index contributed by atoms with van der Waals surface area (Å²) in [5.41, 5.74) is 3.29. The third-order valence-corrected chi connectivity index (χ3v) is 5.74. The normalized spacial score (nSPS) is 19.0. The van der Waals surface area contributed by atoms with Gasteiger partial charge >= 0.3 is 0 Å². The number of sulfonamides is 1. The summed E-state index contributed by atoms with van der Waals surface area (Å²) in [5.74, 6) is 0.337. The van der Waals surface area contributed by atoms with Crippen molar-refractivity contribution < 1.29 is 22.3 Å². The predicted octanol–water partition coefficient (Wildman–Crippen LogP) is 2.29. The van der Waals surface area contributed by atoms with Gasteiger partial charge in [-0.3, -0.25) is 0 Å². The molecule has 0 aliphatic carbocycles. The molecule has 0 saturated heterocycles. The smallest absolute Gasteiger partial charge is 0.238 e. The summed E-state index contributed by atoms with van der Waals surface area (Å²) < 4.78 is 48.0. The Kier molecular flexibility index (Phi) is 4.13. The van der Waals surface area contributed by atoms with Gasteiger partial charge in [0.05, 0.1) is 11.5 Å². The van der Waals surface area contributed by atoms with E-state index in [2.05, 4.69) is 4.90 Å². The summed E-state index contributed by atoms with van der Waals surface area (Å²) in [6, 6.07) is 7.93. The van der Waals surface area contributed by atoms with Crippen LogP contribution in [0.25, 0.3) is 0 Å². The van der Waals surface area contributed by atoms with Crippen molar-refractivity contribution in [1.82, 2.24) is 0 Å². The molecular weight excluding hydrogens is 359 g/mol. The van der Waals surface area contributed by atoms with Crippen LogP contribution < -0.4 is 14.8 Å². The highest BCUT2D eigenvalue weighted by Gasteiger charge is 2.29. The first-order chi connectivity index (χ1) is 12.3. The molecule has 2 aliphatic heterocycles. The predicted molar refractivity (Wildman–Crippen MR) is 93.8 cm³/mol. The summed E-state index contributed by atoms with van der Waals surface area (Å²) in [7, 11) is -3.74. The number of rotatable bonds is 3. The number of halogens is 1. The number of anilines is 1. The molecule has 1 atom stereocenters. The Balaban J connectivity index is 1.70. The van der Waals surface area contributed by atoms with Crippen molar-refractivity contribution in [3.63, 3.8) is 0 Å². The molecule has 0 unspecified atom stereocenters. The summed E-state index contributed by atoms with van der Waals surface area (Å²) in [6.07, 6.45) is 0.695. The zero-order valence-corrected chi connectivity index (χ0v) is 15.1. The number of hydrogen-bond donors (Lipinski definition) is 1. The van der Waals surface area contributed by atoms with Gasteiger partial charge in [-0.05, 0) is 49.2 Å². The Morgan fingerprint density at radius 3 is 2.85 bits per heavy atom. The monoisotopic (exact) mass is 378 g/mol. The van der Waals surface area contributed by atoms with E-state index in [1.165, 1.54) is 18.2 Å². The van der Waals surface area contributed by atoms with Crippen LogP contribution in [0, 0.1) is 5.82 Å². The fourth-order valence-corrected chi connectivity index (χ4v) is 4.21. The second-order valence-corrected chi connectivity index (χ2v) is 8.24. The largest absolute Gasteiger partial charge is 0.467 e. The van der Waals surface area contributed by atoms with Crippen molar-refractivity contribution in [2.45, 2.75) is 37.4 Å². The lowest BCUT2D eigenvalue weighted by atomic mass is 10.1. The van der Waals surface area contributed by atoms with Crippen molar-refractivity contribution in [3.05, 3.63) is 52.8 Å². The zero-order chi connectivity index (χ0) is 18.5. The molecule has 2 aromatic carbocycles. The van der Waals surface area contributed by atoms with Gasteiger partial charge in [-0.2, -0.15) is 0 Å². The molecule has 2 aromatic rings. The maximum Gasteiger partial charge on any atom is 0.238 e. The number of hydrogen-bond acceptors (Lipinski definition) is 5. The van der Waals surface area contributed by atoms with Crippen molar-refractivity contribution >= 4 is 15.7 Å². The first-order valence-electron chi connectivity index (χ1n) is 8.27. The maximum absolute atomic E-state index is 14.0. The van der Waals surface area contributed by atoms with Gasteiger partial charge in [0.25, 0.3) is 0 Å². The Bertz CT molecular complexity index is 977. The van der Waals surface area contributed by atoms with Gasteiger partial charge in [0.2, 0.25) is 10.0 Å². The van der Waals surface area contributed by atoms with E-state index in [1.807, 2.05) is 6.92 Å². The Hall–Kier alpha value is -2.16. The van der Waals surface area contributed by atoms with Crippen molar-refractivity contribution in [3.8, 4) is 5.75 Å². The third-order valence-electron chi connectivity index (χ3n) is 4.83. The summed E-state index contributed by atoms with van der Waals surface area (Å²) in [6.45, 7) is 2.98. The fourth-order valence-electron chi connectivity index (χ4n) is 3.65. The van der Waals surface area contributed by atoms with E-state index in [1.54, 1.807) is 12.1 Å². The molecule has 2 aliphatic rings. The minimum absolute atomic E-state index is 0.105. The average molecular weight is 378 g/mol. The minimum Gasteiger partial charge on any atom is -0.467 e. The molecule has 6 nitrogen and oxygen atoms in total. The minimum atomic E-state index is -3.74. The van der Waals surface area contributed by atoms with Gasteiger partial charge in [0.1, 0.15) is 11.6 Å². The van der Waals surface area contributed by atoms with Gasteiger partial charge < -0.3 is 14.4 Å². The molecular formula is C18H19FN2O4S. The number of benzene rings is 2. The molecule has 8 heteroatoms. The standard InChI is InChI=1S/C18H19FN2O4S/c1-11-4-12-7-16(26(20,22)23)2-3-17(12)21(11)8-13-5-15(19)6-14-9-24-10-25-18(13)14/h2-3,5-7,11H,4,8-10H2,1H3,(H2,20,22,23)/t11-/m1/s1. The molecule has 138 valence electrons. The van der Waals surface area contributed by atoms with Crippen LogP contribution in [-0.4, -0.2) is 21.3 Å². The van der Waals surface area contributed by atoms with Crippen LogP contribution in [0.15, 0.2) is 35.2 Å². The van der Waals surface area contributed by atoms with E-state index in [-0.39, 0.29) is 23.5 Å². The van der Waals surface area contributed by atoms with Crippen LogP contribution >= 0.6 is 0 Å². The molecule has 2 N–H and O–H groups in total. The van der Waals surface area contributed by atoms with E-state index in [4.69, 9.17) is 14.6 Å². The Morgan fingerprint density at radius 1 is 1.27 bits per heavy atom. The van der Waals surface area contributed by atoms with Crippen LogP contribution in [0.2, 0.25) is 0 Å². The number of fused-ring (bicyclic) bond motifs is 2. The molecule has 26 heavy (non-hydrogen) atoms. The lowest BCUT2D eigenvalue weighted by Gasteiger charge is -2.28. The Morgan fingerprint density at radius 2 is 2.08 bits per heavy atom.